The molecule has 0 spiro atoms. The molecule has 10 heteroatoms. The summed E-state index contributed by atoms with van der Waals surface area (Å²) < 4.78 is 18.7. The van der Waals surface area contributed by atoms with Crippen LogP contribution in [-0.4, -0.2) is 66.0 Å². The van der Waals surface area contributed by atoms with Crippen molar-refractivity contribution in [1.29, 1.82) is 0 Å². The molecule has 204 valence electrons. The van der Waals surface area contributed by atoms with Gasteiger partial charge in [-0.3, -0.25) is 4.99 Å². The van der Waals surface area contributed by atoms with Gasteiger partial charge in [-0.2, -0.15) is 0 Å². The van der Waals surface area contributed by atoms with E-state index in [1.807, 2.05) is 55.6 Å². The molecule has 1 aromatic carbocycles. The van der Waals surface area contributed by atoms with Crippen LogP contribution in [0.15, 0.2) is 61.9 Å². The quantitative estimate of drug-likeness (QED) is 0.317. The monoisotopic (exact) mass is 602 g/mol. The smallest absolute Gasteiger partial charge is 0.410 e. The Hall–Kier alpha value is -2.56. The minimum Gasteiger partial charge on any atom is -0.480 e. The van der Waals surface area contributed by atoms with Gasteiger partial charge in [0.2, 0.25) is 5.90 Å². The normalized spacial score (nSPS) is 20.5. The summed E-state index contributed by atoms with van der Waals surface area (Å²) >= 11 is 5.01. The van der Waals surface area contributed by atoms with Gasteiger partial charge in [0.05, 0.1) is 13.2 Å². The summed E-state index contributed by atoms with van der Waals surface area (Å²) in [7, 11) is 0. The van der Waals surface area contributed by atoms with Crippen LogP contribution in [0.25, 0.3) is 0 Å². The molecule has 0 N–H and O–H groups in total. The number of carbonyl (C=O) groups excluding carboxylic acids is 1. The molecule has 3 atom stereocenters. The van der Waals surface area contributed by atoms with Crippen molar-refractivity contribution in [3.63, 3.8) is 0 Å². The minimum absolute atomic E-state index is 0.0939. The van der Waals surface area contributed by atoms with Gasteiger partial charge in [0, 0.05) is 24.2 Å². The summed E-state index contributed by atoms with van der Waals surface area (Å²) in [6.07, 6.45) is 2.07. The molecule has 0 saturated heterocycles. The zero-order valence-corrected chi connectivity index (χ0v) is 24.7. The molecule has 3 heterocycles. The lowest BCUT2D eigenvalue weighted by Gasteiger charge is -2.31. The molecule has 38 heavy (non-hydrogen) atoms. The lowest BCUT2D eigenvalue weighted by molar-refractivity contribution is 0.0586. The number of carbonyl (C=O) groups is 1. The maximum absolute atomic E-state index is 12.5. The average Bonchev–Trinajstić information content (AvgIpc) is 3.35. The Labute approximate surface area is 237 Å². The maximum Gasteiger partial charge on any atom is 0.410 e. The summed E-state index contributed by atoms with van der Waals surface area (Å²) in [6, 6.07) is 9.28. The predicted octanol–water partition coefficient (Wildman–Crippen LogP) is 6.23. The largest absolute Gasteiger partial charge is 0.480 e. The van der Waals surface area contributed by atoms with E-state index < -0.39 is 6.10 Å². The van der Waals surface area contributed by atoms with Crippen molar-refractivity contribution in [2.45, 2.75) is 58.9 Å². The van der Waals surface area contributed by atoms with Crippen LogP contribution in [0, 0.1) is 5.92 Å². The van der Waals surface area contributed by atoms with E-state index in [1.54, 1.807) is 4.90 Å². The van der Waals surface area contributed by atoms with Crippen molar-refractivity contribution >= 4 is 45.0 Å². The number of thiazole rings is 1. The molecule has 2 aromatic rings. The van der Waals surface area contributed by atoms with Gasteiger partial charge < -0.3 is 19.1 Å². The van der Waals surface area contributed by atoms with Crippen molar-refractivity contribution in [2.75, 3.05) is 26.3 Å². The molecule has 0 fully saturated rings. The van der Waals surface area contributed by atoms with Crippen molar-refractivity contribution in [3.05, 3.63) is 62.5 Å². The van der Waals surface area contributed by atoms with Gasteiger partial charge in [0.1, 0.15) is 34.4 Å². The number of hydrogen-bond donors (Lipinski definition) is 0. The molecule has 1 amide bonds. The summed E-state index contributed by atoms with van der Waals surface area (Å²) in [5, 5.41) is 2.78. The van der Waals surface area contributed by atoms with Crippen molar-refractivity contribution in [2.24, 2.45) is 15.9 Å². The number of aromatic nitrogens is 1. The Kier molecular flexibility index (Phi) is 10.1. The van der Waals surface area contributed by atoms with Gasteiger partial charge in [-0.1, -0.05) is 50.3 Å². The first-order valence-corrected chi connectivity index (χ1v) is 14.6. The second-order valence-corrected chi connectivity index (χ2v) is 11.3. The fourth-order valence-electron chi connectivity index (χ4n) is 4.36. The summed E-state index contributed by atoms with van der Waals surface area (Å²) in [6.45, 7) is 10.5. The first kappa shape index (κ1) is 28.4. The molecule has 0 unspecified atom stereocenters. The fraction of sp³-hybridized carbons (Fsp3) is 0.500. The summed E-state index contributed by atoms with van der Waals surface area (Å²) in [4.78, 5) is 28.8. The van der Waals surface area contributed by atoms with Crippen LogP contribution >= 0.6 is 27.3 Å². The highest BCUT2D eigenvalue weighted by atomic mass is 79.9. The van der Waals surface area contributed by atoms with Crippen LogP contribution in [0.4, 0.5) is 4.79 Å². The third-order valence-electron chi connectivity index (χ3n) is 6.45. The lowest BCUT2D eigenvalue weighted by atomic mass is 9.99. The standard InChI is InChI=1S/C28H35BrN4O4S/c1-5-35-26-23(18(2)3)30-19(4)24(32-26)25(27-31-22(29)17-38-27)36-15-21-11-13-33(14-12-21)28(34)37-16-20-9-7-6-8-10-20/h6-11,17-18,23-25H,5,12-16H2,1-4H3/t23-,24-,25+/m1/s1. The molecule has 1 aromatic heterocycles. The molecule has 0 aliphatic carbocycles. The second kappa shape index (κ2) is 13.5. The Morgan fingerprint density at radius 3 is 2.61 bits per heavy atom. The number of rotatable bonds is 9. The van der Waals surface area contributed by atoms with Crippen molar-refractivity contribution in [1.82, 2.24) is 9.88 Å². The third-order valence-corrected chi connectivity index (χ3v) is 8.07. The molecule has 0 saturated carbocycles. The number of hydrogen-bond acceptors (Lipinski definition) is 8. The lowest BCUT2D eigenvalue weighted by Crippen LogP contribution is -2.39. The molecule has 0 bridgehead atoms. The van der Waals surface area contributed by atoms with E-state index in [2.05, 4.69) is 34.8 Å². The van der Waals surface area contributed by atoms with E-state index >= 15 is 0 Å². The number of amides is 1. The fourth-order valence-corrected chi connectivity index (χ4v) is 5.70. The summed E-state index contributed by atoms with van der Waals surface area (Å²) in [5.74, 6) is 0.933. The van der Waals surface area contributed by atoms with E-state index in [0.29, 0.717) is 32.2 Å². The van der Waals surface area contributed by atoms with Crippen LogP contribution in [0.3, 0.4) is 0 Å². The molecule has 0 radical (unpaired) electrons. The third kappa shape index (κ3) is 7.30. The van der Waals surface area contributed by atoms with Crippen LogP contribution in [0.5, 0.6) is 0 Å². The minimum atomic E-state index is -0.395. The average molecular weight is 604 g/mol. The first-order valence-electron chi connectivity index (χ1n) is 13.0. The van der Waals surface area contributed by atoms with E-state index in [0.717, 1.165) is 32.9 Å². The molecule has 4 rings (SSSR count). The Bertz CT molecular complexity index is 1180. The van der Waals surface area contributed by atoms with E-state index in [9.17, 15) is 4.79 Å². The van der Waals surface area contributed by atoms with Gasteiger partial charge in [-0.25, -0.2) is 14.8 Å². The SMILES string of the molecule is CCOC1=N[C@@H]([C@H](OCC2=CCN(C(=O)OCc3ccccc3)CC2)c2nc(Br)cs2)C(C)=N[C@@H]1C(C)C. The van der Waals surface area contributed by atoms with E-state index in [-0.39, 0.29) is 30.7 Å². The Balaban J connectivity index is 1.41. The molecule has 2 aliphatic rings. The van der Waals surface area contributed by atoms with Gasteiger partial charge >= 0.3 is 6.09 Å². The zero-order valence-electron chi connectivity index (χ0n) is 22.3. The van der Waals surface area contributed by atoms with Crippen LogP contribution in [0.1, 0.15) is 50.8 Å². The topological polar surface area (TPSA) is 85.6 Å². The maximum atomic E-state index is 12.5. The molecule has 8 nitrogen and oxygen atoms in total. The molecule has 2 aliphatic heterocycles. The highest BCUT2D eigenvalue weighted by molar-refractivity contribution is 9.10. The molecular formula is C28H35BrN4O4S. The van der Waals surface area contributed by atoms with Gasteiger partial charge in [-0.05, 0) is 53.3 Å². The van der Waals surface area contributed by atoms with Crippen LogP contribution in [-0.2, 0) is 20.8 Å². The number of benzene rings is 1. The van der Waals surface area contributed by atoms with Crippen LogP contribution in [0.2, 0.25) is 0 Å². The van der Waals surface area contributed by atoms with Gasteiger partial charge in [0.25, 0.3) is 0 Å². The Morgan fingerprint density at radius 2 is 1.97 bits per heavy atom. The second-order valence-electron chi connectivity index (χ2n) is 9.64. The van der Waals surface area contributed by atoms with E-state index in [4.69, 9.17) is 24.2 Å². The van der Waals surface area contributed by atoms with Crippen LogP contribution < -0.4 is 0 Å². The van der Waals surface area contributed by atoms with Crippen molar-refractivity contribution < 1.29 is 19.0 Å². The predicted molar refractivity (Wildman–Crippen MR) is 154 cm³/mol. The molecular weight excluding hydrogens is 568 g/mol. The van der Waals surface area contributed by atoms with Crippen molar-refractivity contribution in [3.8, 4) is 0 Å². The highest BCUT2D eigenvalue weighted by Crippen LogP contribution is 2.33. The summed E-state index contributed by atoms with van der Waals surface area (Å²) in [5.41, 5.74) is 3.02. The first-order chi connectivity index (χ1) is 18.4. The highest BCUT2D eigenvalue weighted by Gasteiger charge is 2.36. The van der Waals surface area contributed by atoms with E-state index in [1.165, 1.54) is 11.3 Å². The number of aliphatic imine (C=N–C) groups is 2. The van der Waals surface area contributed by atoms with Gasteiger partial charge in [0.15, 0.2) is 0 Å². The zero-order chi connectivity index (χ0) is 27.1. The Morgan fingerprint density at radius 1 is 1.18 bits per heavy atom. The van der Waals surface area contributed by atoms with Gasteiger partial charge in [-0.15, -0.1) is 11.3 Å². The number of nitrogens with zero attached hydrogens (tertiary/aromatic N) is 4. The number of ether oxygens (including phenoxy) is 3. The number of halogens is 1.